The maximum atomic E-state index is 11.9. The molecule has 0 saturated heterocycles. The Labute approximate surface area is 127 Å². The molecule has 0 aromatic heterocycles. The van der Waals surface area contributed by atoms with Gasteiger partial charge in [-0.25, -0.2) is 0 Å². The number of carbonyl (C=O) groups is 1. The van der Waals surface area contributed by atoms with E-state index in [1.807, 2.05) is 50.2 Å². The number of anilines is 2. The molecule has 0 saturated carbocycles. The highest BCUT2D eigenvalue weighted by Crippen LogP contribution is 2.16. The van der Waals surface area contributed by atoms with E-state index in [1.165, 1.54) is 5.56 Å². The molecule has 104 valence electrons. The molecule has 20 heavy (non-hydrogen) atoms. The molecule has 0 heterocycles. The summed E-state index contributed by atoms with van der Waals surface area (Å²) in [7, 11) is 0. The zero-order chi connectivity index (χ0) is 14.5. The Morgan fingerprint density at radius 1 is 1.10 bits per heavy atom. The quantitative estimate of drug-likeness (QED) is 0.884. The Balaban J connectivity index is 1.90. The Morgan fingerprint density at radius 3 is 2.45 bits per heavy atom. The van der Waals surface area contributed by atoms with Gasteiger partial charge in [0.05, 0.1) is 6.54 Å². The summed E-state index contributed by atoms with van der Waals surface area (Å²) in [6.45, 7) is 4.27. The molecule has 0 fully saturated rings. The average molecular weight is 333 g/mol. The van der Waals surface area contributed by atoms with Gasteiger partial charge in [0.1, 0.15) is 0 Å². The molecule has 0 spiro atoms. The Bertz CT molecular complexity index is 608. The fourth-order valence-electron chi connectivity index (χ4n) is 1.90. The molecule has 0 bridgehead atoms. The van der Waals surface area contributed by atoms with Gasteiger partial charge in [0.15, 0.2) is 0 Å². The number of aryl methyl sites for hydroxylation is 2. The van der Waals surface area contributed by atoms with Crippen molar-refractivity contribution >= 4 is 33.2 Å². The van der Waals surface area contributed by atoms with Gasteiger partial charge < -0.3 is 10.6 Å². The first-order valence-corrected chi connectivity index (χ1v) is 7.20. The van der Waals surface area contributed by atoms with Crippen LogP contribution in [0.4, 0.5) is 11.4 Å². The molecule has 2 N–H and O–H groups in total. The lowest BCUT2D eigenvalue weighted by molar-refractivity contribution is -0.114. The summed E-state index contributed by atoms with van der Waals surface area (Å²) < 4.78 is 1.02. The summed E-state index contributed by atoms with van der Waals surface area (Å²) in [4.78, 5) is 11.9. The molecule has 3 nitrogen and oxygen atoms in total. The minimum atomic E-state index is -0.0557. The molecule has 0 unspecified atom stereocenters. The number of nitrogens with one attached hydrogen (secondary N) is 2. The molecular weight excluding hydrogens is 316 g/mol. The predicted octanol–water partition coefficient (Wildman–Crippen LogP) is 4.12. The summed E-state index contributed by atoms with van der Waals surface area (Å²) >= 11 is 3.38. The first-order chi connectivity index (χ1) is 9.54. The van der Waals surface area contributed by atoms with Crippen molar-refractivity contribution in [3.63, 3.8) is 0 Å². The summed E-state index contributed by atoms with van der Waals surface area (Å²) in [6, 6.07) is 13.7. The van der Waals surface area contributed by atoms with Gasteiger partial charge in [-0.05, 0) is 49.7 Å². The third kappa shape index (κ3) is 4.10. The first-order valence-electron chi connectivity index (χ1n) is 6.41. The van der Waals surface area contributed by atoms with Crippen molar-refractivity contribution < 1.29 is 4.79 Å². The predicted molar refractivity (Wildman–Crippen MR) is 87.2 cm³/mol. The number of hydrogen-bond acceptors (Lipinski definition) is 2. The fourth-order valence-corrected chi connectivity index (χ4v) is 2.16. The Hall–Kier alpha value is -1.81. The fraction of sp³-hybridized carbons (Fsp3) is 0.188. The second-order valence-electron chi connectivity index (χ2n) is 4.73. The minimum absolute atomic E-state index is 0.0557. The zero-order valence-electron chi connectivity index (χ0n) is 11.5. The van der Waals surface area contributed by atoms with E-state index in [2.05, 4.69) is 32.6 Å². The van der Waals surface area contributed by atoms with Gasteiger partial charge in [0.25, 0.3) is 0 Å². The largest absolute Gasteiger partial charge is 0.376 e. The van der Waals surface area contributed by atoms with Crippen LogP contribution in [-0.2, 0) is 4.79 Å². The topological polar surface area (TPSA) is 41.1 Å². The maximum Gasteiger partial charge on any atom is 0.243 e. The number of hydrogen-bond donors (Lipinski definition) is 2. The minimum Gasteiger partial charge on any atom is -0.376 e. The van der Waals surface area contributed by atoms with Crippen LogP contribution in [0, 0.1) is 13.8 Å². The summed E-state index contributed by atoms with van der Waals surface area (Å²) in [5.74, 6) is -0.0557. The number of halogens is 1. The summed E-state index contributed by atoms with van der Waals surface area (Å²) in [5, 5.41) is 6.00. The molecule has 2 aromatic rings. The van der Waals surface area contributed by atoms with E-state index in [9.17, 15) is 4.79 Å². The van der Waals surface area contributed by atoms with E-state index in [0.717, 1.165) is 21.4 Å². The SMILES string of the molecule is Cc1ccc(NC(=O)CNc2ccc(Br)cc2)c(C)c1. The third-order valence-corrected chi connectivity index (χ3v) is 3.48. The van der Waals surface area contributed by atoms with Crippen LogP contribution >= 0.6 is 15.9 Å². The standard InChI is InChI=1S/C16H17BrN2O/c1-11-3-8-15(12(2)9-11)19-16(20)10-18-14-6-4-13(17)5-7-14/h3-9,18H,10H2,1-2H3,(H,19,20). The number of benzene rings is 2. The van der Waals surface area contributed by atoms with Crippen LogP contribution in [0.15, 0.2) is 46.9 Å². The summed E-state index contributed by atoms with van der Waals surface area (Å²) in [5.41, 5.74) is 4.04. The highest BCUT2D eigenvalue weighted by molar-refractivity contribution is 9.10. The molecule has 0 atom stereocenters. The molecule has 2 aromatic carbocycles. The average Bonchev–Trinajstić information content (AvgIpc) is 2.41. The molecular formula is C16H17BrN2O. The van der Waals surface area contributed by atoms with Gasteiger partial charge in [-0.2, -0.15) is 0 Å². The van der Waals surface area contributed by atoms with Crippen LogP contribution in [0.5, 0.6) is 0 Å². The molecule has 2 rings (SSSR count). The van der Waals surface area contributed by atoms with Crippen LogP contribution in [0.1, 0.15) is 11.1 Å². The molecule has 0 aliphatic carbocycles. The van der Waals surface area contributed by atoms with E-state index < -0.39 is 0 Å². The lowest BCUT2D eigenvalue weighted by atomic mass is 10.1. The smallest absolute Gasteiger partial charge is 0.243 e. The molecule has 0 aliphatic rings. The van der Waals surface area contributed by atoms with Crippen LogP contribution in [0.25, 0.3) is 0 Å². The van der Waals surface area contributed by atoms with E-state index in [0.29, 0.717) is 0 Å². The first kappa shape index (κ1) is 14.6. The highest BCUT2D eigenvalue weighted by atomic mass is 79.9. The molecule has 0 aliphatic heterocycles. The van der Waals surface area contributed by atoms with Crippen molar-refractivity contribution in [3.8, 4) is 0 Å². The summed E-state index contributed by atoms with van der Waals surface area (Å²) in [6.07, 6.45) is 0. The van der Waals surface area contributed by atoms with E-state index in [-0.39, 0.29) is 12.5 Å². The second kappa shape index (κ2) is 6.57. The van der Waals surface area contributed by atoms with Crippen molar-refractivity contribution in [2.75, 3.05) is 17.2 Å². The van der Waals surface area contributed by atoms with Crippen molar-refractivity contribution in [2.24, 2.45) is 0 Å². The maximum absolute atomic E-state index is 11.9. The molecule has 1 amide bonds. The van der Waals surface area contributed by atoms with Crippen molar-refractivity contribution in [1.82, 2.24) is 0 Å². The van der Waals surface area contributed by atoms with Crippen molar-refractivity contribution in [1.29, 1.82) is 0 Å². The van der Waals surface area contributed by atoms with Crippen LogP contribution < -0.4 is 10.6 Å². The van der Waals surface area contributed by atoms with Gasteiger partial charge >= 0.3 is 0 Å². The highest BCUT2D eigenvalue weighted by Gasteiger charge is 2.04. The Kier molecular flexibility index (Phi) is 4.79. The van der Waals surface area contributed by atoms with Crippen LogP contribution in [-0.4, -0.2) is 12.5 Å². The number of amides is 1. The number of carbonyl (C=O) groups excluding carboxylic acids is 1. The van der Waals surface area contributed by atoms with Crippen molar-refractivity contribution in [3.05, 3.63) is 58.1 Å². The third-order valence-electron chi connectivity index (χ3n) is 2.95. The van der Waals surface area contributed by atoms with E-state index in [4.69, 9.17) is 0 Å². The lowest BCUT2D eigenvalue weighted by Gasteiger charge is -2.10. The molecule has 0 radical (unpaired) electrons. The van der Waals surface area contributed by atoms with Crippen LogP contribution in [0.2, 0.25) is 0 Å². The van der Waals surface area contributed by atoms with Gasteiger partial charge in [-0.15, -0.1) is 0 Å². The van der Waals surface area contributed by atoms with E-state index in [1.54, 1.807) is 0 Å². The monoisotopic (exact) mass is 332 g/mol. The Morgan fingerprint density at radius 2 is 1.80 bits per heavy atom. The van der Waals surface area contributed by atoms with Gasteiger partial charge in [-0.1, -0.05) is 33.6 Å². The number of rotatable bonds is 4. The lowest BCUT2D eigenvalue weighted by Crippen LogP contribution is -2.22. The molecule has 4 heteroatoms. The van der Waals surface area contributed by atoms with Gasteiger partial charge in [-0.3, -0.25) is 4.79 Å². The van der Waals surface area contributed by atoms with E-state index >= 15 is 0 Å². The van der Waals surface area contributed by atoms with Gasteiger partial charge in [0, 0.05) is 15.8 Å². The normalized spacial score (nSPS) is 10.2. The van der Waals surface area contributed by atoms with Crippen LogP contribution in [0.3, 0.4) is 0 Å². The van der Waals surface area contributed by atoms with Gasteiger partial charge in [0.2, 0.25) is 5.91 Å². The second-order valence-corrected chi connectivity index (χ2v) is 5.64. The van der Waals surface area contributed by atoms with Crippen molar-refractivity contribution in [2.45, 2.75) is 13.8 Å². The zero-order valence-corrected chi connectivity index (χ0v) is 13.1.